The van der Waals surface area contributed by atoms with E-state index >= 15 is 0 Å². The Kier molecular flexibility index (Phi) is 6.89. The van der Waals surface area contributed by atoms with Gasteiger partial charge in [-0.05, 0) is 20.3 Å². The van der Waals surface area contributed by atoms with E-state index < -0.39 is 0 Å². The first kappa shape index (κ1) is 13.0. The fraction of sp³-hybridized carbons (Fsp3) is 0.727. The fourth-order valence-electron chi connectivity index (χ4n) is 1.38. The Hall–Kier alpha value is -0.990. The zero-order valence-electron chi connectivity index (χ0n) is 9.62. The highest BCUT2D eigenvalue weighted by molar-refractivity contribution is 5.74. The number of nitrogens with zero attached hydrogens (tertiary/aromatic N) is 2. The van der Waals surface area contributed by atoms with Crippen molar-refractivity contribution in [2.75, 3.05) is 26.2 Å². The second kappa shape index (κ2) is 7.42. The molecule has 0 fully saturated rings. The van der Waals surface area contributed by atoms with Gasteiger partial charge in [0.25, 0.3) is 0 Å². The van der Waals surface area contributed by atoms with Crippen LogP contribution in [0, 0.1) is 0 Å². The van der Waals surface area contributed by atoms with Gasteiger partial charge in [-0.15, -0.1) is 6.58 Å². The molecule has 0 atom stereocenters. The highest BCUT2D eigenvalue weighted by Gasteiger charge is 2.15. The van der Waals surface area contributed by atoms with E-state index in [4.69, 9.17) is 0 Å². The van der Waals surface area contributed by atoms with Crippen LogP contribution >= 0.6 is 0 Å². The maximum Gasteiger partial charge on any atom is 0.320 e. The predicted molar refractivity (Wildman–Crippen MR) is 60.4 cm³/mol. The molecule has 14 heavy (non-hydrogen) atoms. The van der Waals surface area contributed by atoms with E-state index in [1.54, 1.807) is 6.08 Å². The van der Waals surface area contributed by atoms with E-state index in [0.29, 0.717) is 6.54 Å². The van der Waals surface area contributed by atoms with Gasteiger partial charge in [0.05, 0.1) is 0 Å². The summed E-state index contributed by atoms with van der Waals surface area (Å²) >= 11 is 0. The first-order chi connectivity index (χ1) is 6.71. The normalized spacial score (nSPS) is 9.64. The highest BCUT2D eigenvalue weighted by atomic mass is 16.2. The molecule has 0 spiro atoms. The second-order valence-electron chi connectivity index (χ2n) is 3.19. The number of urea groups is 1. The molecular weight excluding hydrogens is 176 g/mol. The average Bonchev–Trinajstić information content (AvgIpc) is 2.19. The van der Waals surface area contributed by atoms with Gasteiger partial charge in [0.2, 0.25) is 0 Å². The van der Waals surface area contributed by atoms with Gasteiger partial charge in [0.1, 0.15) is 0 Å². The third-order valence-electron chi connectivity index (χ3n) is 2.15. The van der Waals surface area contributed by atoms with E-state index in [2.05, 4.69) is 13.5 Å². The molecule has 2 amide bonds. The number of rotatable bonds is 6. The van der Waals surface area contributed by atoms with Crippen LogP contribution < -0.4 is 0 Å². The number of carbonyl (C=O) groups is 1. The molecule has 3 nitrogen and oxygen atoms in total. The van der Waals surface area contributed by atoms with Crippen molar-refractivity contribution in [2.45, 2.75) is 27.2 Å². The van der Waals surface area contributed by atoms with Crippen LogP contribution in [0.5, 0.6) is 0 Å². The molecule has 0 aromatic heterocycles. The van der Waals surface area contributed by atoms with Gasteiger partial charge in [-0.1, -0.05) is 13.0 Å². The molecule has 82 valence electrons. The Bertz CT molecular complexity index is 176. The van der Waals surface area contributed by atoms with E-state index in [-0.39, 0.29) is 6.03 Å². The molecule has 0 heterocycles. The van der Waals surface area contributed by atoms with Crippen LogP contribution in [0.3, 0.4) is 0 Å². The zero-order chi connectivity index (χ0) is 11.0. The van der Waals surface area contributed by atoms with Crippen molar-refractivity contribution in [1.82, 2.24) is 9.80 Å². The van der Waals surface area contributed by atoms with Gasteiger partial charge in [0.15, 0.2) is 0 Å². The molecule has 0 bridgehead atoms. The minimum atomic E-state index is 0.122. The molecular formula is C11H22N2O. The Labute approximate surface area is 87.4 Å². The number of hydrogen-bond acceptors (Lipinski definition) is 1. The van der Waals surface area contributed by atoms with E-state index in [1.165, 1.54) is 0 Å². The van der Waals surface area contributed by atoms with Crippen LogP contribution in [0.15, 0.2) is 12.7 Å². The molecule has 0 aliphatic carbocycles. The summed E-state index contributed by atoms with van der Waals surface area (Å²) in [6.45, 7) is 12.7. The number of carbonyl (C=O) groups excluding carboxylic acids is 1. The fourth-order valence-corrected chi connectivity index (χ4v) is 1.38. The maximum absolute atomic E-state index is 11.9. The monoisotopic (exact) mass is 198 g/mol. The van der Waals surface area contributed by atoms with Crippen molar-refractivity contribution >= 4 is 6.03 Å². The number of amides is 2. The van der Waals surface area contributed by atoms with E-state index in [1.807, 2.05) is 23.6 Å². The van der Waals surface area contributed by atoms with Gasteiger partial charge >= 0.3 is 6.03 Å². The molecule has 0 N–H and O–H groups in total. The van der Waals surface area contributed by atoms with Gasteiger partial charge in [-0.3, -0.25) is 0 Å². The molecule has 3 heteroatoms. The lowest BCUT2D eigenvalue weighted by molar-refractivity contribution is 0.162. The van der Waals surface area contributed by atoms with Crippen molar-refractivity contribution in [2.24, 2.45) is 0 Å². The van der Waals surface area contributed by atoms with Crippen LogP contribution in [0.25, 0.3) is 0 Å². The van der Waals surface area contributed by atoms with E-state index in [9.17, 15) is 4.79 Å². The molecule has 0 aromatic rings. The van der Waals surface area contributed by atoms with Crippen LogP contribution in [0.2, 0.25) is 0 Å². The van der Waals surface area contributed by atoms with Crippen LogP contribution in [-0.2, 0) is 0 Å². The molecule has 0 aromatic carbocycles. The average molecular weight is 198 g/mol. The minimum absolute atomic E-state index is 0.122. The quantitative estimate of drug-likeness (QED) is 0.601. The Morgan fingerprint density at radius 2 is 1.79 bits per heavy atom. The second-order valence-corrected chi connectivity index (χ2v) is 3.19. The zero-order valence-corrected chi connectivity index (χ0v) is 9.62. The summed E-state index contributed by atoms with van der Waals surface area (Å²) in [6, 6.07) is 0.122. The standard InChI is InChI=1S/C11H22N2O/c1-5-9-13(10-6-2)11(14)12(7-3)8-4/h5H,1,6-10H2,2-4H3. The Balaban J connectivity index is 4.31. The van der Waals surface area contributed by atoms with E-state index in [0.717, 1.165) is 26.1 Å². The molecule has 0 rings (SSSR count). The lowest BCUT2D eigenvalue weighted by atomic mass is 10.4. The topological polar surface area (TPSA) is 23.6 Å². The predicted octanol–water partition coefficient (Wildman–Crippen LogP) is 2.35. The van der Waals surface area contributed by atoms with Gasteiger partial charge in [0, 0.05) is 26.2 Å². The summed E-state index contributed by atoms with van der Waals surface area (Å²) in [4.78, 5) is 15.6. The summed E-state index contributed by atoms with van der Waals surface area (Å²) in [6.07, 6.45) is 2.76. The van der Waals surface area contributed by atoms with Crippen LogP contribution in [-0.4, -0.2) is 42.0 Å². The van der Waals surface area contributed by atoms with Crippen molar-refractivity contribution in [3.63, 3.8) is 0 Å². The van der Waals surface area contributed by atoms with Crippen molar-refractivity contribution in [3.05, 3.63) is 12.7 Å². The summed E-state index contributed by atoms with van der Waals surface area (Å²) < 4.78 is 0. The van der Waals surface area contributed by atoms with Crippen molar-refractivity contribution < 1.29 is 4.79 Å². The van der Waals surface area contributed by atoms with Gasteiger partial charge in [-0.2, -0.15) is 0 Å². The van der Waals surface area contributed by atoms with Crippen molar-refractivity contribution in [1.29, 1.82) is 0 Å². The third kappa shape index (κ3) is 3.81. The maximum atomic E-state index is 11.9. The van der Waals surface area contributed by atoms with Crippen LogP contribution in [0.4, 0.5) is 4.79 Å². The molecule has 0 radical (unpaired) electrons. The summed E-state index contributed by atoms with van der Waals surface area (Å²) in [5, 5.41) is 0. The third-order valence-corrected chi connectivity index (χ3v) is 2.15. The lowest BCUT2D eigenvalue weighted by Gasteiger charge is -2.28. The molecule has 0 aliphatic heterocycles. The molecule has 0 unspecified atom stereocenters. The largest absolute Gasteiger partial charge is 0.325 e. The smallest absolute Gasteiger partial charge is 0.320 e. The molecule has 0 saturated heterocycles. The van der Waals surface area contributed by atoms with Crippen LogP contribution in [0.1, 0.15) is 27.2 Å². The van der Waals surface area contributed by atoms with Gasteiger partial charge in [-0.25, -0.2) is 4.79 Å². The highest BCUT2D eigenvalue weighted by Crippen LogP contribution is 2.00. The van der Waals surface area contributed by atoms with Crippen molar-refractivity contribution in [3.8, 4) is 0 Å². The number of hydrogen-bond donors (Lipinski definition) is 0. The molecule has 0 saturated carbocycles. The minimum Gasteiger partial charge on any atom is -0.325 e. The Morgan fingerprint density at radius 3 is 2.14 bits per heavy atom. The first-order valence-corrected chi connectivity index (χ1v) is 5.35. The summed E-state index contributed by atoms with van der Waals surface area (Å²) in [5.74, 6) is 0. The first-order valence-electron chi connectivity index (χ1n) is 5.35. The summed E-state index contributed by atoms with van der Waals surface area (Å²) in [7, 11) is 0. The van der Waals surface area contributed by atoms with Gasteiger partial charge < -0.3 is 9.80 Å². The lowest BCUT2D eigenvalue weighted by Crippen LogP contribution is -2.43. The summed E-state index contributed by atoms with van der Waals surface area (Å²) in [5.41, 5.74) is 0. The Morgan fingerprint density at radius 1 is 1.21 bits per heavy atom. The molecule has 0 aliphatic rings. The SMILES string of the molecule is C=CCN(CCC)C(=O)N(CC)CC.